The molecule has 2 N–H and O–H groups in total. The number of imidazole rings is 1. The third kappa shape index (κ3) is 9.33. The van der Waals surface area contributed by atoms with Crippen LogP contribution in [0.4, 0.5) is 0 Å². The van der Waals surface area contributed by atoms with Gasteiger partial charge in [0.15, 0.2) is 0 Å². The van der Waals surface area contributed by atoms with Gasteiger partial charge in [-0.15, -0.1) is 6.58 Å². The number of hydrogen-bond donors (Lipinski definition) is 2. The molecule has 326 valence electrons. The molecule has 1 aromatic heterocycles. The molecule has 8 rings (SSSR count). The zero-order valence-corrected chi connectivity index (χ0v) is 37.4. The van der Waals surface area contributed by atoms with E-state index in [4.69, 9.17) is 9.47 Å². The molecule has 6 unspecified atom stereocenters. The highest BCUT2D eigenvalue weighted by Gasteiger charge is 2.68. The van der Waals surface area contributed by atoms with Crippen LogP contribution in [0.3, 0.4) is 0 Å². The maximum Gasteiger partial charge on any atom is 0.335 e. The van der Waals surface area contributed by atoms with Crippen LogP contribution in [0, 0.1) is 50.7 Å². The summed E-state index contributed by atoms with van der Waals surface area (Å²) in [7, 11) is 0. The SMILES string of the molecule is C=CCOCCN1CCOCC1.CC1(C)C(c2ccc(C(=O)O)cc2)=CCC2(C)C1CCC1(C)C2CCC2[C@H]3CCCC3(C)CC[C@]21C.O=CNCCCn1ccnc1. The standard InChI is InChI=1S/C34H48O2.C9H17NO2.C7H11N3O/c1-30(2)24(22-9-11-23(12-10-22)29(35)36)15-18-32(4)27(30)16-19-34(6)28(32)14-13-26-25-8-7-17-31(25,3)20-21-33(26,34)5;1-2-6-11-7-3-10-4-8-12-9-5-10;11-7-9-2-1-4-10-5-3-8-6-10/h9-12,15,25-28H,7-8,13-14,16-21H2,1-6H3,(H,35,36);2H,1,3-9H2;3,5-7H,1-2,4H2,(H,9,11)/t25-,26?,27?,28?,31?,32?,33-,34?;;/m1../s1. The van der Waals surface area contributed by atoms with Crippen LogP contribution in [0.5, 0.6) is 0 Å². The normalized spacial score (nSPS) is 34.4. The van der Waals surface area contributed by atoms with Crippen molar-refractivity contribution in [1.82, 2.24) is 19.8 Å². The number of fused-ring (bicyclic) bond motifs is 7. The van der Waals surface area contributed by atoms with Crippen molar-refractivity contribution in [2.75, 3.05) is 52.6 Å². The number of aryl methyl sites for hydroxylation is 1. The van der Waals surface area contributed by atoms with Crippen LogP contribution in [0.1, 0.15) is 128 Å². The third-order valence-electron chi connectivity index (χ3n) is 17.1. The predicted molar refractivity (Wildman–Crippen MR) is 237 cm³/mol. The van der Waals surface area contributed by atoms with Crippen molar-refractivity contribution < 1.29 is 24.2 Å². The van der Waals surface area contributed by atoms with Gasteiger partial charge in [0.1, 0.15) is 0 Å². The summed E-state index contributed by atoms with van der Waals surface area (Å²) >= 11 is 0. The highest BCUT2D eigenvalue weighted by Crippen LogP contribution is 2.77. The number of aromatic nitrogens is 2. The molecule has 1 aromatic carbocycles. The van der Waals surface area contributed by atoms with Gasteiger partial charge in [-0.2, -0.15) is 0 Å². The lowest BCUT2D eigenvalue weighted by atomic mass is 9.33. The number of allylic oxidation sites excluding steroid dienone is 2. The zero-order valence-electron chi connectivity index (χ0n) is 37.4. The highest BCUT2D eigenvalue weighted by atomic mass is 16.5. The first-order chi connectivity index (χ1) is 28.2. The van der Waals surface area contributed by atoms with E-state index in [9.17, 15) is 14.7 Å². The number of nitrogens with zero attached hydrogens (tertiary/aromatic N) is 3. The lowest BCUT2D eigenvalue weighted by Crippen LogP contribution is -2.64. The average Bonchev–Trinajstić information content (AvgIpc) is 3.89. The van der Waals surface area contributed by atoms with E-state index in [1.54, 1.807) is 30.7 Å². The summed E-state index contributed by atoms with van der Waals surface area (Å²) in [4.78, 5) is 27.5. The summed E-state index contributed by atoms with van der Waals surface area (Å²) < 4.78 is 12.5. The van der Waals surface area contributed by atoms with Gasteiger partial charge in [-0.3, -0.25) is 9.69 Å². The van der Waals surface area contributed by atoms with E-state index in [1.807, 2.05) is 22.9 Å². The number of nitrogens with one attached hydrogen (secondary N) is 1. The van der Waals surface area contributed by atoms with Crippen LogP contribution in [-0.4, -0.2) is 84.5 Å². The topological polar surface area (TPSA) is 106 Å². The Morgan fingerprint density at radius 2 is 1.71 bits per heavy atom. The molecule has 2 aromatic rings. The van der Waals surface area contributed by atoms with Crippen molar-refractivity contribution in [3.05, 3.63) is 72.8 Å². The van der Waals surface area contributed by atoms with Gasteiger partial charge in [-0.25, -0.2) is 9.78 Å². The second kappa shape index (κ2) is 19.2. The number of carbonyl (C=O) groups is 2. The van der Waals surface area contributed by atoms with Crippen molar-refractivity contribution in [3.8, 4) is 0 Å². The first kappa shape index (κ1) is 45.3. The molecule has 1 saturated heterocycles. The molecule has 1 amide bonds. The minimum atomic E-state index is -0.845. The van der Waals surface area contributed by atoms with Crippen molar-refractivity contribution in [3.63, 3.8) is 0 Å². The Balaban J connectivity index is 0.000000207. The van der Waals surface area contributed by atoms with Gasteiger partial charge in [-0.1, -0.05) is 72.2 Å². The zero-order chi connectivity index (χ0) is 42.3. The number of rotatable bonds is 12. The van der Waals surface area contributed by atoms with E-state index in [1.165, 1.54) is 75.3 Å². The highest BCUT2D eigenvalue weighted by molar-refractivity contribution is 5.88. The van der Waals surface area contributed by atoms with Gasteiger partial charge in [0, 0.05) is 45.1 Å². The molecule has 9 heteroatoms. The molecule has 0 bridgehead atoms. The first-order valence-electron chi connectivity index (χ1n) is 22.9. The Bertz CT molecular complexity index is 1720. The number of morpholine rings is 1. The Morgan fingerprint density at radius 1 is 0.949 bits per heavy atom. The minimum absolute atomic E-state index is 0.0907. The van der Waals surface area contributed by atoms with Crippen molar-refractivity contribution in [1.29, 1.82) is 0 Å². The Kier molecular flexibility index (Phi) is 14.7. The smallest absolute Gasteiger partial charge is 0.335 e. The fourth-order valence-electron chi connectivity index (χ4n) is 13.8. The molecular weight excluding hydrogens is 737 g/mol. The van der Waals surface area contributed by atoms with E-state index in [-0.39, 0.29) is 5.41 Å². The molecule has 0 radical (unpaired) electrons. The number of carbonyl (C=O) groups excluding carboxylic acids is 1. The second-order valence-electron chi connectivity index (χ2n) is 20.3. The van der Waals surface area contributed by atoms with Gasteiger partial charge in [0.25, 0.3) is 0 Å². The number of benzene rings is 1. The summed E-state index contributed by atoms with van der Waals surface area (Å²) in [5.74, 6) is 2.51. The van der Waals surface area contributed by atoms with E-state index in [2.05, 4.69) is 69.4 Å². The number of amides is 1. The second-order valence-corrected chi connectivity index (χ2v) is 20.3. The van der Waals surface area contributed by atoms with Crippen LogP contribution >= 0.6 is 0 Å². The largest absolute Gasteiger partial charge is 0.478 e. The predicted octanol–water partition coefficient (Wildman–Crippen LogP) is 9.79. The summed E-state index contributed by atoms with van der Waals surface area (Å²) in [5, 5.41) is 12.0. The van der Waals surface area contributed by atoms with Gasteiger partial charge in [-0.05, 0) is 138 Å². The maximum atomic E-state index is 11.4. The summed E-state index contributed by atoms with van der Waals surface area (Å²) in [6, 6.07) is 7.64. The van der Waals surface area contributed by atoms with E-state index in [0.717, 1.165) is 76.7 Å². The quantitative estimate of drug-likeness (QED) is 0.125. The van der Waals surface area contributed by atoms with Crippen LogP contribution < -0.4 is 5.32 Å². The van der Waals surface area contributed by atoms with E-state index < -0.39 is 5.97 Å². The molecule has 9 nitrogen and oxygen atoms in total. The van der Waals surface area contributed by atoms with Crippen LogP contribution in [0.2, 0.25) is 0 Å². The molecule has 6 aliphatic rings. The van der Waals surface area contributed by atoms with E-state index in [0.29, 0.717) is 46.2 Å². The maximum absolute atomic E-state index is 11.4. The Morgan fingerprint density at radius 3 is 2.39 bits per heavy atom. The molecular formula is C50H76N4O5. The summed E-state index contributed by atoms with van der Waals surface area (Å²) in [5.41, 5.74) is 5.00. The van der Waals surface area contributed by atoms with Crippen molar-refractivity contribution in [2.24, 2.45) is 50.7 Å². The van der Waals surface area contributed by atoms with Crippen LogP contribution in [0.25, 0.3) is 5.57 Å². The lowest BCUT2D eigenvalue weighted by Gasteiger charge is -2.72. The molecule has 0 spiro atoms. The first-order valence-corrected chi connectivity index (χ1v) is 22.9. The van der Waals surface area contributed by atoms with Crippen LogP contribution in [0.15, 0.2) is 61.7 Å². The minimum Gasteiger partial charge on any atom is -0.478 e. The number of hydrogen-bond acceptors (Lipinski definition) is 6. The van der Waals surface area contributed by atoms with Gasteiger partial charge in [0.2, 0.25) is 6.41 Å². The van der Waals surface area contributed by atoms with Crippen LogP contribution in [-0.2, 0) is 20.8 Å². The number of carboxylic acids is 1. The fraction of sp³-hybridized carbons (Fsp3) is 0.700. The van der Waals surface area contributed by atoms with Gasteiger partial charge in [0.05, 0.1) is 38.3 Å². The van der Waals surface area contributed by atoms with E-state index >= 15 is 0 Å². The summed E-state index contributed by atoms with van der Waals surface area (Å²) in [6.45, 7) is 27.2. The number of carboxylic acid groups (broad SMARTS) is 1. The Labute approximate surface area is 355 Å². The molecule has 5 aliphatic carbocycles. The summed E-state index contributed by atoms with van der Waals surface area (Å²) in [6.07, 6.45) is 25.5. The monoisotopic (exact) mass is 813 g/mol. The fourth-order valence-corrected chi connectivity index (χ4v) is 13.8. The Hall–Kier alpha value is -3.27. The van der Waals surface area contributed by atoms with Gasteiger partial charge >= 0.3 is 5.97 Å². The molecule has 2 heterocycles. The number of ether oxygens (including phenoxy) is 2. The van der Waals surface area contributed by atoms with Crippen molar-refractivity contribution in [2.45, 2.75) is 119 Å². The lowest BCUT2D eigenvalue weighted by molar-refractivity contribution is -0.221. The molecule has 5 fully saturated rings. The molecule has 8 atom stereocenters. The number of aromatic carboxylic acids is 1. The van der Waals surface area contributed by atoms with Crippen molar-refractivity contribution >= 4 is 18.0 Å². The molecule has 59 heavy (non-hydrogen) atoms. The molecule has 4 saturated carbocycles. The average molecular weight is 813 g/mol. The third-order valence-corrected chi connectivity index (χ3v) is 17.1. The molecule has 1 aliphatic heterocycles. The van der Waals surface area contributed by atoms with Gasteiger partial charge < -0.3 is 24.5 Å².